The first-order chi connectivity index (χ1) is 26.3. The Hall–Kier alpha value is -7.17. The average molecular weight is 681 g/mol. The molecule has 53 heavy (non-hydrogen) atoms. The van der Waals surface area contributed by atoms with E-state index >= 15 is 0 Å². The molecule has 8 aromatic carbocycles. The highest BCUT2D eigenvalue weighted by molar-refractivity contribution is 6.19. The summed E-state index contributed by atoms with van der Waals surface area (Å²) in [6.45, 7) is 0. The van der Waals surface area contributed by atoms with E-state index in [1.54, 1.807) is 0 Å². The van der Waals surface area contributed by atoms with Crippen molar-refractivity contribution in [2.75, 3.05) is 4.90 Å². The van der Waals surface area contributed by atoms with Crippen LogP contribution >= 0.6 is 0 Å². The fourth-order valence-electron chi connectivity index (χ4n) is 7.30. The molecule has 0 spiro atoms. The van der Waals surface area contributed by atoms with Gasteiger partial charge in [0.15, 0.2) is 11.2 Å². The van der Waals surface area contributed by atoms with Gasteiger partial charge in [0.05, 0.1) is 11.1 Å². The SMILES string of the molecule is c1ccc(-c2ccc(-c3ccc(N(c4cccc(-c5ccccc5)c4)c4cccc5c4oc4ccc6nc(-c7ccccc7)oc6c45)cc3)cc2)cc1. The van der Waals surface area contributed by atoms with Crippen molar-refractivity contribution >= 4 is 50.1 Å². The molecular formula is C49H32N2O2. The molecule has 0 fully saturated rings. The minimum absolute atomic E-state index is 0.591. The van der Waals surface area contributed by atoms with Gasteiger partial charge >= 0.3 is 0 Å². The van der Waals surface area contributed by atoms with Crippen LogP contribution in [0.1, 0.15) is 0 Å². The fraction of sp³-hybridized carbons (Fsp3) is 0. The van der Waals surface area contributed by atoms with Crippen LogP contribution in [-0.4, -0.2) is 4.98 Å². The lowest BCUT2D eigenvalue weighted by Gasteiger charge is -2.26. The van der Waals surface area contributed by atoms with Crippen LogP contribution in [0.5, 0.6) is 0 Å². The average Bonchev–Trinajstić information content (AvgIpc) is 3.85. The highest BCUT2D eigenvalue weighted by atomic mass is 16.4. The molecule has 10 rings (SSSR count). The summed E-state index contributed by atoms with van der Waals surface area (Å²) in [5.74, 6) is 0.591. The van der Waals surface area contributed by atoms with Gasteiger partial charge in [-0.1, -0.05) is 140 Å². The predicted molar refractivity (Wildman–Crippen MR) is 218 cm³/mol. The number of aromatic nitrogens is 1. The summed E-state index contributed by atoms with van der Waals surface area (Å²) < 4.78 is 13.2. The van der Waals surface area contributed by atoms with Crippen molar-refractivity contribution < 1.29 is 8.83 Å². The third-order valence-corrected chi connectivity index (χ3v) is 9.92. The highest BCUT2D eigenvalue weighted by Crippen LogP contribution is 2.45. The minimum Gasteiger partial charge on any atom is -0.454 e. The van der Waals surface area contributed by atoms with E-state index in [2.05, 4.69) is 144 Å². The van der Waals surface area contributed by atoms with Crippen LogP contribution in [0.25, 0.3) is 77.9 Å². The van der Waals surface area contributed by atoms with Crippen molar-refractivity contribution in [2.45, 2.75) is 0 Å². The van der Waals surface area contributed by atoms with Gasteiger partial charge in [0.1, 0.15) is 11.1 Å². The second-order valence-corrected chi connectivity index (χ2v) is 13.2. The number of para-hydroxylation sites is 1. The van der Waals surface area contributed by atoms with Gasteiger partial charge in [0.2, 0.25) is 5.89 Å². The molecule has 0 aliphatic heterocycles. The maximum atomic E-state index is 6.76. The molecule has 4 heteroatoms. The van der Waals surface area contributed by atoms with Crippen LogP contribution in [0.3, 0.4) is 0 Å². The summed E-state index contributed by atoms with van der Waals surface area (Å²) in [5, 5.41) is 1.89. The van der Waals surface area contributed by atoms with Gasteiger partial charge in [0, 0.05) is 22.3 Å². The molecule has 0 unspecified atom stereocenters. The van der Waals surface area contributed by atoms with Crippen LogP contribution < -0.4 is 4.90 Å². The summed E-state index contributed by atoms with van der Waals surface area (Å²) >= 11 is 0. The molecule has 10 aromatic rings. The van der Waals surface area contributed by atoms with E-state index in [-0.39, 0.29) is 0 Å². The molecule has 0 saturated heterocycles. The van der Waals surface area contributed by atoms with Crippen molar-refractivity contribution in [2.24, 2.45) is 0 Å². The van der Waals surface area contributed by atoms with Gasteiger partial charge in [-0.3, -0.25) is 0 Å². The molecule has 0 aliphatic carbocycles. The Morgan fingerprint density at radius 1 is 0.377 bits per heavy atom. The number of rotatable bonds is 7. The molecule has 0 atom stereocenters. The van der Waals surface area contributed by atoms with Crippen molar-refractivity contribution in [3.8, 4) is 44.8 Å². The van der Waals surface area contributed by atoms with Crippen molar-refractivity contribution in [1.82, 2.24) is 4.98 Å². The lowest BCUT2D eigenvalue weighted by Crippen LogP contribution is -2.10. The van der Waals surface area contributed by atoms with Crippen LogP contribution in [0.4, 0.5) is 17.1 Å². The fourth-order valence-corrected chi connectivity index (χ4v) is 7.30. The second kappa shape index (κ2) is 12.9. The lowest BCUT2D eigenvalue weighted by molar-refractivity contribution is 0.622. The van der Waals surface area contributed by atoms with Gasteiger partial charge in [-0.25, -0.2) is 4.98 Å². The summed E-state index contributed by atoms with van der Waals surface area (Å²) in [4.78, 5) is 7.13. The Kier molecular flexibility index (Phi) is 7.43. The number of anilines is 3. The van der Waals surface area contributed by atoms with Gasteiger partial charge in [0.25, 0.3) is 0 Å². The predicted octanol–water partition coefficient (Wildman–Crippen LogP) is 13.9. The smallest absolute Gasteiger partial charge is 0.227 e. The zero-order valence-electron chi connectivity index (χ0n) is 28.7. The van der Waals surface area contributed by atoms with Gasteiger partial charge in [-0.05, 0) is 88.0 Å². The standard InChI is InChI=1S/C49H32N2O2/c1-4-12-33(13-5-1)35-22-24-36(25-23-35)37-26-28-40(29-27-37)51(41-19-10-18-39(32-41)34-14-6-2-7-15-34)44-21-11-20-42-46-45(52-47(42)44)31-30-43-48(46)53-49(50-43)38-16-8-3-9-17-38/h1-32H. The molecular weight excluding hydrogens is 649 g/mol. The molecule has 250 valence electrons. The first-order valence-corrected chi connectivity index (χ1v) is 17.8. The maximum absolute atomic E-state index is 6.76. The van der Waals surface area contributed by atoms with Crippen LogP contribution in [-0.2, 0) is 0 Å². The third-order valence-electron chi connectivity index (χ3n) is 9.92. The van der Waals surface area contributed by atoms with Crippen molar-refractivity contribution in [3.05, 3.63) is 194 Å². The summed E-state index contributed by atoms with van der Waals surface area (Å²) in [7, 11) is 0. The van der Waals surface area contributed by atoms with Crippen LogP contribution in [0.2, 0.25) is 0 Å². The van der Waals surface area contributed by atoms with Crippen LogP contribution in [0.15, 0.2) is 203 Å². The van der Waals surface area contributed by atoms with E-state index in [0.717, 1.165) is 72.4 Å². The Bertz CT molecular complexity index is 2860. The minimum atomic E-state index is 0.591. The second-order valence-electron chi connectivity index (χ2n) is 13.2. The first kappa shape index (κ1) is 30.6. The molecule has 4 nitrogen and oxygen atoms in total. The maximum Gasteiger partial charge on any atom is 0.227 e. The molecule has 0 radical (unpaired) electrons. The number of furan rings is 1. The van der Waals surface area contributed by atoms with Crippen LogP contribution in [0, 0.1) is 0 Å². The summed E-state index contributed by atoms with van der Waals surface area (Å²) in [6, 6.07) is 67.5. The van der Waals surface area contributed by atoms with E-state index < -0.39 is 0 Å². The highest BCUT2D eigenvalue weighted by Gasteiger charge is 2.22. The molecule has 2 heterocycles. The monoisotopic (exact) mass is 680 g/mol. The number of oxazole rings is 1. The number of nitrogens with zero attached hydrogens (tertiary/aromatic N) is 2. The number of benzene rings is 8. The van der Waals surface area contributed by atoms with Gasteiger partial charge < -0.3 is 13.7 Å². The van der Waals surface area contributed by atoms with Gasteiger partial charge in [-0.2, -0.15) is 0 Å². The summed E-state index contributed by atoms with van der Waals surface area (Å²) in [5.41, 5.74) is 14.0. The zero-order valence-corrected chi connectivity index (χ0v) is 28.7. The molecule has 0 amide bonds. The van der Waals surface area contributed by atoms with E-state index in [9.17, 15) is 0 Å². The topological polar surface area (TPSA) is 42.4 Å². The van der Waals surface area contributed by atoms with E-state index in [4.69, 9.17) is 13.8 Å². The molecule has 0 aliphatic rings. The first-order valence-electron chi connectivity index (χ1n) is 17.8. The van der Waals surface area contributed by atoms with E-state index in [1.807, 2.05) is 54.6 Å². The molecule has 0 saturated carbocycles. The Morgan fingerprint density at radius 3 is 1.58 bits per heavy atom. The Morgan fingerprint density at radius 2 is 0.925 bits per heavy atom. The largest absolute Gasteiger partial charge is 0.454 e. The lowest BCUT2D eigenvalue weighted by atomic mass is 10.00. The van der Waals surface area contributed by atoms with E-state index in [1.165, 1.54) is 16.7 Å². The molecule has 0 N–H and O–H groups in total. The molecule has 0 bridgehead atoms. The number of hydrogen-bond donors (Lipinski definition) is 0. The van der Waals surface area contributed by atoms with Gasteiger partial charge in [-0.15, -0.1) is 0 Å². The summed E-state index contributed by atoms with van der Waals surface area (Å²) in [6.07, 6.45) is 0. The zero-order chi connectivity index (χ0) is 35.1. The Labute approximate surface area is 306 Å². The van der Waals surface area contributed by atoms with Crippen molar-refractivity contribution in [1.29, 1.82) is 0 Å². The van der Waals surface area contributed by atoms with E-state index in [0.29, 0.717) is 5.89 Å². The third kappa shape index (κ3) is 5.54. The normalized spacial score (nSPS) is 11.4. The number of hydrogen-bond acceptors (Lipinski definition) is 4. The quantitative estimate of drug-likeness (QED) is 0.168. The number of fused-ring (bicyclic) bond motifs is 5. The van der Waals surface area contributed by atoms with Crippen molar-refractivity contribution in [3.63, 3.8) is 0 Å². The molecule has 2 aromatic heterocycles. The Balaban J connectivity index is 1.11.